The second kappa shape index (κ2) is 6.91. The van der Waals surface area contributed by atoms with E-state index in [4.69, 9.17) is 5.53 Å². The molecule has 0 aromatic rings. The summed E-state index contributed by atoms with van der Waals surface area (Å²) < 4.78 is 61.2. The first-order valence-electron chi connectivity index (χ1n) is 6.69. The number of rotatable bonds is 5. The van der Waals surface area contributed by atoms with Crippen molar-refractivity contribution in [2.24, 2.45) is 5.11 Å². The molecule has 0 aromatic carbocycles. The zero-order valence-electron chi connectivity index (χ0n) is 12.4. The molecular weight excluding hydrogens is 335 g/mol. The fourth-order valence-electron chi connectivity index (χ4n) is 1.83. The first-order chi connectivity index (χ1) is 9.74. The van der Waals surface area contributed by atoms with Gasteiger partial charge in [0.1, 0.15) is 0 Å². The Morgan fingerprint density at radius 3 is 2.18 bits per heavy atom. The predicted molar refractivity (Wildman–Crippen MR) is 74.5 cm³/mol. The van der Waals surface area contributed by atoms with E-state index >= 15 is 0 Å². The van der Waals surface area contributed by atoms with E-state index in [1.807, 2.05) is 11.6 Å². The fraction of sp³-hybridized carbons (Fsp3) is 0.900. The van der Waals surface area contributed by atoms with Gasteiger partial charge in [-0.15, -0.1) is 0 Å². The predicted octanol–water partition coefficient (Wildman–Crippen LogP) is 5.57. The summed E-state index contributed by atoms with van der Waals surface area (Å²) in [5.74, 6) is 0.786. The third-order valence-corrected chi connectivity index (χ3v) is 2.75. The molecule has 1 aliphatic rings. The molecule has 0 N–H and O–H groups in total. The molecule has 22 heavy (non-hydrogen) atoms. The second-order valence-corrected chi connectivity index (χ2v) is 6.83. The maximum absolute atomic E-state index is 10.7. The van der Waals surface area contributed by atoms with Crippen molar-refractivity contribution in [3.05, 3.63) is 10.4 Å². The van der Waals surface area contributed by atoms with Gasteiger partial charge >= 0.3 is 33.0 Å². The summed E-state index contributed by atoms with van der Waals surface area (Å²) in [5, 5.41) is 3.73. The average Bonchev–Trinajstić information content (AvgIpc) is 2.64. The maximum atomic E-state index is 9.87. The molecule has 0 unspecified atom stereocenters. The van der Waals surface area contributed by atoms with Gasteiger partial charge < -0.3 is 0 Å². The second-order valence-electron chi connectivity index (χ2n) is 4.92. The van der Waals surface area contributed by atoms with Gasteiger partial charge in [0, 0.05) is 10.0 Å². The summed E-state index contributed by atoms with van der Waals surface area (Å²) in [6.07, 6.45) is 5.00. The number of guanidine groups is 1. The fourth-order valence-corrected chi connectivity index (χ4v) is 1.83. The Morgan fingerprint density at radius 1 is 1.18 bits per heavy atom. The average molecular weight is 355 g/mol. The molecule has 1 heterocycles. The van der Waals surface area contributed by atoms with Gasteiger partial charge in [-0.3, -0.25) is 9.48 Å². The number of halogens is 6. The first kappa shape index (κ1) is 20.8. The Morgan fingerprint density at radius 2 is 1.73 bits per heavy atom. The Hall–Kier alpha value is -1.21. The normalized spacial score (nSPS) is 18.1. The molecule has 0 saturated carbocycles. The zero-order valence-corrected chi connectivity index (χ0v) is 13.3. The van der Waals surface area contributed by atoms with Crippen LogP contribution in [-0.4, -0.2) is 42.1 Å². The van der Waals surface area contributed by atoms with E-state index in [0.717, 1.165) is 25.6 Å². The van der Waals surface area contributed by atoms with Crippen LogP contribution in [0.2, 0.25) is 0 Å². The van der Waals surface area contributed by atoms with Crippen LogP contribution in [0.3, 0.4) is 0 Å². The quantitative estimate of drug-likeness (QED) is 0.121. The number of nitrogens with zero attached hydrogens (tertiary/aromatic N) is 5. The van der Waals surface area contributed by atoms with Crippen molar-refractivity contribution < 1.29 is 29.8 Å². The van der Waals surface area contributed by atoms with E-state index in [-0.39, 0.29) is 0 Å². The van der Waals surface area contributed by atoms with E-state index < -0.39 is 7.81 Å². The van der Waals surface area contributed by atoms with Gasteiger partial charge in [0.15, 0.2) is 0 Å². The summed E-state index contributed by atoms with van der Waals surface area (Å²) in [5.41, 5.74) is 8.46. The van der Waals surface area contributed by atoms with Gasteiger partial charge in [-0.2, -0.15) is 0 Å². The molecule has 1 rings (SSSR count). The molecule has 0 radical (unpaired) electrons. The van der Waals surface area contributed by atoms with Gasteiger partial charge in [0.2, 0.25) is 0 Å². The topological polar surface area (TPSA) is 55.0 Å². The van der Waals surface area contributed by atoms with Crippen molar-refractivity contribution in [3.63, 3.8) is 0 Å². The molecule has 0 aromatic heterocycles. The van der Waals surface area contributed by atoms with Crippen molar-refractivity contribution in [2.45, 2.75) is 32.6 Å². The SMILES string of the molecule is CCCCCCN1CC[N+](C)=C1N=[N+]=[N-].F[P-](F)(F)(F)(F)F. The van der Waals surface area contributed by atoms with Gasteiger partial charge in [0.05, 0.1) is 26.7 Å². The van der Waals surface area contributed by atoms with Crippen LogP contribution >= 0.6 is 7.81 Å². The number of hydrogen-bond acceptors (Lipinski definition) is 2. The van der Waals surface area contributed by atoms with E-state index in [1.54, 1.807) is 0 Å². The van der Waals surface area contributed by atoms with Crippen molar-refractivity contribution >= 4 is 13.8 Å². The molecule has 0 bridgehead atoms. The number of azide groups is 1. The zero-order chi connectivity index (χ0) is 17.5. The van der Waals surface area contributed by atoms with E-state index in [0.29, 0.717) is 0 Å². The van der Waals surface area contributed by atoms with Crippen LogP contribution in [0.1, 0.15) is 32.6 Å². The molecule has 5 nitrogen and oxygen atoms in total. The molecule has 12 heteroatoms. The van der Waals surface area contributed by atoms with Crippen LogP contribution in [0.25, 0.3) is 10.4 Å². The minimum absolute atomic E-state index is 0.786. The van der Waals surface area contributed by atoms with Crippen LogP contribution in [0, 0.1) is 0 Å². The van der Waals surface area contributed by atoms with Gasteiger partial charge in [0.25, 0.3) is 5.96 Å². The summed E-state index contributed by atoms with van der Waals surface area (Å²) in [4.78, 5) is 5.04. The van der Waals surface area contributed by atoms with Crippen molar-refractivity contribution in [1.82, 2.24) is 4.90 Å². The van der Waals surface area contributed by atoms with Crippen LogP contribution in [-0.2, 0) is 0 Å². The Bertz CT molecular complexity index is 442. The van der Waals surface area contributed by atoms with Gasteiger partial charge in [-0.1, -0.05) is 26.2 Å². The summed E-state index contributed by atoms with van der Waals surface area (Å²) in [6, 6.07) is 0. The number of unbranched alkanes of at least 4 members (excludes halogenated alkanes) is 3. The number of hydrogen-bond donors (Lipinski definition) is 0. The Balaban J connectivity index is 0.000000534. The van der Waals surface area contributed by atoms with Crippen molar-refractivity contribution in [3.8, 4) is 0 Å². The summed E-state index contributed by atoms with van der Waals surface area (Å²) in [6.45, 7) is 5.17. The van der Waals surface area contributed by atoms with Crippen molar-refractivity contribution in [1.29, 1.82) is 0 Å². The molecular formula is C10H20F6N5P. The molecule has 0 spiro atoms. The molecule has 0 amide bonds. The van der Waals surface area contributed by atoms with Crippen LogP contribution in [0.5, 0.6) is 0 Å². The van der Waals surface area contributed by atoms with Crippen molar-refractivity contribution in [2.75, 3.05) is 26.7 Å². The van der Waals surface area contributed by atoms with Gasteiger partial charge in [-0.25, -0.2) is 0 Å². The van der Waals surface area contributed by atoms with Crippen LogP contribution in [0.15, 0.2) is 5.11 Å². The van der Waals surface area contributed by atoms with E-state index in [2.05, 4.69) is 21.8 Å². The monoisotopic (exact) mass is 355 g/mol. The molecule has 0 saturated heterocycles. The molecule has 0 aliphatic carbocycles. The standard InChI is InChI=1S/C10H20N5.F6P/c1-3-4-5-6-7-15-9-8-14(2)10(15)12-13-11;1-7(2,3,4,5)6/h3-9H2,1-2H3;/q+1;-1. The van der Waals surface area contributed by atoms with Crippen LogP contribution < -0.4 is 0 Å². The minimum atomic E-state index is -10.7. The third kappa shape index (κ3) is 13.8. The Labute approximate surface area is 124 Å². The summed E-state index contributed by atoms with van der Waals surface area (Å²) in [7, 11) is -8.69. The summed E-state index contributed by atoms with van der Waals surface area (Å²) >= 11 is 0. The first-order valence-corrected chi connectivity index (χ1v) is 8.72. The number of likely N-dealkylation sites (N-methyl/N-ethyl adjacent to an activating group) is 1. The molecule has 0 fully saturated rings. The molecule has 0 atom stereocenters. The third-order valence-electron chi connectivity index (χ3n) is 2.75. The van der Waals surface area contributed by atoms with E-state index in [9.17, 15) is 25.2 Å². The Kier molecular flexibility index (Phi) is 6.53. The molecule has 132 valence electrons. The van der Waals surface area contributed by atoms with Gasteiger partial charge in [-0.05, 0) is 12.0 Å². The van der Waals surface area contributed by atoms with E-state index in [1.165, 1.54) is 25.7 Å². The molecule has 1 aliphatic heterocycles. The van der Waals surface area contributed by atoms with Crippen LogP contribution in [0.4, 0.5) is 25.2 Å².